The summed E-state index contributed by atoms with van der Waals surface area (Å²) in [7, 11) is -4.47. The maximum atomic E-state index is 11.8. The topological polar surface area (TPSA) is 118 Å². The van der Waals surface area contributed by atoms with Gasteiger partial charge in [0.15, 0.2) is 0 Å². The molecule has 1 heterocycles. The molecule has 3 N–H and O–H groups in total. The smallest absolute Gasteiger partial charge is 0.295 e. The predicted octanol–water partition coefficient (Wildman–Crippen LogP) is 6.40. The van der Waals surface area contributed by atoms with Gasteiger partial charge in [-0.2, -0.15) is 8.42 Å². The summed E-state index contributed by atoms with van der Waals surface area (Å²) in [6, 6.07) is 11.3. The summed E-state index contributed by atoms with van der Waals surface area (Å²) >= 11 is 0. The average Bonchev–Trinajstić information content (AvgIpc) is 2.78. The summed E-state index contributed by atoms with van der Waals surface area (Å²) in [4.78, 5) is 4.07. The highest BCUT2D eigenvalue weighted by molar-refractivity contribution is 7.86. The lowest BCUT2D eigenvalue weighted by Gasteiger charge is -2.09. The van der Waals surface area contributed by atoms with Crippen LogP contribution in [0.25, 0.3) is 16.3 Å². The number of anilines is 1. The van der Waals surface area contributed by atoms with Gasteiger partial charge in [-0.3, -0.25) is 9.54 Å². The summed E-state index contributed by atoms with van der Waals surface area (Å²) in [6.45, 7) is 8.17. The normalized spacial score (nSPS) is 12.8. The van der Waals surface area contributed by atoms with Gasteiger partial charge in [-0.25, -0.2) is 0 Å². The Balaban J connectivity index is 1.88. The minimum Gasteiger partial charge on any atom is -0.396 e. The van der Waals surface area contributed by atoms with E-state index in [0.717, 1.165) is 12.0 Å². The van der Waals surface area contributed by atoms with Crippen LogP contribution in [0.15, 0.2) is 94.2 Å². The summed E-state index contributed by atoms with van der Waals surface area (Å²) in [5, 5.41) is 8.98. The zero-order valence-electron chi connectivity index (χ0n) is 17.9. The number of pyridine rings is 1. The Morgan fingerprint density at radius 2 is 1.91 bits per heavy atom. The van der Waals surface area contributed by atoms with Crippen LogP contribution in [0.4, 0.5) is 17.1 Å². The second-order valence-electron chi connectivity index (χ2n) is 7.18. The molecule has 2 aromatic carbocycles. The fraction of sp³-hybridized carbons (Fsp3) is 0.125. The van der Waals surface area contributed by atoms with Gasteiger partial charge in [0.05, 0.1) is 17.6 Å². The fourth-order valence-corrected chi connectivity index (χ4v) is 3.64. The number of aromatic nitrogens is 1. The lowest BCUT2D eigenvalue weighted by Crippen LogP contribution is -2.01. The molecule has 0 saturated carbocycles. The van der Waals surface area contributed by atoms with Crippen LogP contribution >= 0.6 is 0 Å². The van der Waals surface area contributed by atoms with E-state index in [1.165, 1.54) is 17.8 Å². The van der Waals surface area contributed by atoms with Crippen molar-refractivity contribution in [1.82, 2.24) is 4.98 Å². The molecule has 1 aromatic heterocycles. The van der Waals surface area contributed by atoms with E-state index in [0.29, 0.717) is 22.2 Å². The highest BCUT2D eigenvalue weighted by Crippen LogP contribution is 2.36. The van der Waals surface area contributed by atoms with Crippen LogP contribution < -0.4 is 5.73 Å². The van der Waals surface area contributed by atoms with Gasteiger partial charge in [-0.05, 0) is 37.1 Å². The van der Waals surface area contributed by atoms with Crippen molar-refractivity contribution in [3.8, 4) is 0 Å². The predicted molar refractivity (Wildman–Crippen MR) is 129 cm³/mol. The molecule has 0 spiro atoms. The maximum absolute atomic E-state index is 11.8. The van der Waals surface area contributed by atoms with Gasteiger partial charge in [0.1, 0.15) is 16.3 Å². The number of benzene rings is 2. The standard InChI is InChI=1S/C24H24N4O3S/c1-4-16(2)8-7-9-17(3)21-13-12-18(15-26-21)27-28-22-14-23(32(29,30)31)19-10-5-6-11-20(19)24(22)25/h5-15H,3-4,25H2,1-2H3,(H,29,30,31)/b9-7-,16-8-,28-27+. The number of fused-ring (bicyclic) bond motifs is 1. The van der Waals surface area contributed by atoms with E-state index in [4.69, 9.17) is 5.73 Å². The van der Waals surface area contributed by atoms with Gasteiger partial charge in [-0.15, -0.1) is 10.2 Å². The van der Waals surface area contributed by atoms with Gasteiger partial charge in [0.25, 0.3) is 10.1 Å². The Labute approximate surface area is 187 Å². The fourth-order valence-electron chi connectivity index (χ4n) is 2.93. The van der Waals surface area contributed by atoms with Crippen molar-refractivity contribution >= 4 is 43.5 Å². The quantitative estimate of drug-likeness (QED) is 0.187. The van der Waals surface area contributed by atoms with E-state index in [-0.39, 0.29) is 16.3 Å². The van der Waals surface area contributed by atoms with Crippen LogP contribution in [0.5, 0.6) is 0 Å². The molecule has 0 bridgehead atoms. The van der Waals surface area contributed by atoms with E-state index >= 15 is 0 Å². The maximum Gasteiger partial charge on any atom is 0.295 e. The summed E-state index contributed by atoms with van der Waals surface area (Å²) in [5.74, 6) is 0. The van der Waals surface area contributed by atoms with Crippen LogP contribution in [-0.2, 0) is 10.1 Å². The van der Waals surface area contributed by atoms with Crippen molar-refractivity contribution in [3.05, 3.63) is 84.7 Å². The lowest BCUT2D eigenvalue weighted by molar-refractivity contribution is 0.484. The molecule has 0 aliphatic rings. The molecule has 7 nitrogen and oxygen atoms in total. The van der Waals surface area contributed by atoms with Crippen molar-refractivity contribution < 1.29 is 13.0 Å². The Morgan fingerprint density at radius 1 is 1.19 bits per heavy atom. The van der Waals surface area contributed by atoms with Crippen LogP contribution in [0.1, 0.15) is 26.0 Å². The number of rotatable bonds is 7. The largest absolute Gasteiger partial charge is 0.396 e. The van der Waals surface area contributed by atoms with Gasteiger partial charge in [0, 0.05) is 10.8 Å². The van der Waals surface area contributed by atoms with E-state index in [9.17, 15) is 13.0 Å². The molecule has 0 aliphatic heterocycles. The SMILES string of the molecule is C=C(/C=C\C=C(\C)CC)c1ccc(/N=N/c2cc(S(=O)(=O)O)c3ccccc3c2N)cn1. The van der Waals surface area contributed by atoms with Crippen molar-refractivity contribution in [2.24, 2.45) is 10.2 Å². The summed E-state index contributed by atoms with van der Waals surface area (Å²) in [5.41, 5.74) is 9.73. The van der Waals surface area contributed by atoms with Crippen LogP contribution in [0.2, 0.25) is 0 Å². The number of nitrogens with zero attached hydrogens (tertiary/aromatic N) is 3. The van der Waals surface area contributed by atoms with E-state index in [2.05, 4.69) is 35.6 Å². The third-order valence-corrected chi connectivity index (χ3v) is 5.78. The van der Waals surface area contributed by atoms with Gasteiger partial charge in [0.2, 0.25) is 0 Å². The molecule has 164 valence electrons. The zero-order valence-corrected chi connectivity index (χ0v) is 18.7. The Kier molecular flexibility index (Phi) is 6.97. The lowest BCUT2D eigenvalue weighted by atomic mass is 10.1. The minimum atomic E-state index is -4.47. The van der Waals surface area contributed by atoms with Crippen molar-refractivity contribution in [2.45, 2.75) is 25.2 Å². The zero-order chi connectivity index (χ0) is 23.3. The third-order valence-electron chi connectivity index (χ3n) is 4.89. The number of nitrogens with two attached hydrogens (primary N) is 1. The molecule has 0 aliphatic carbocycles. The Bertz CT molecular complexity index is 1360. The summed E-state index contributed by atoms with van der Waals surface area (Å²) in [6.07, 6.45) is 8.37. The van der Waals surface area contributed by atoms with Gasteiger partial charge in [-0.1, -0.05) is 61.6 Å². The second-order valence-corrected chi connectivity index (χ2v) is 8.57. The molecular formula is C24H24N4O3S. The number of nitrogen functional groups attached to an aromatic ring is 1. The molecule has 8 heteroatoms. The number of azo groups is 1. The van der Waals surface area contributed by atoms with Gasteiger partial charge < -0.3 is 5.73 Å². The Morgan fingerprint density at radius 3 is 2.53 bits per heavy atom. The average molecular weight is 449 g/mol. The first kappa shape index (κ1) is 23.1. The molecule has 0 atom stereocenters. The first-order chi connectivity index (χ1) is 15.2. The summed E-state index contributed by atoms with van der Waals surface area (Å²) < 4.78 is 33.3. The van der Waals surface area contributed by atoms with Crippen LogP contribution in [0.3, 0.4) is 0 Å². The van der Waals surface area contributed by atoms with E-state index in [1.807, 2.05) is 18.2 Å². The third kappa shape index (κ3) is 5.35. The van der Waals surface area contributed by atoms with E-state index in [1.54, 1.807) is 36.4 Å². The molecule has 0 amide bonds. The van der Waals surface area contributed by atoms with Crippen LogP contribution in [0, 0.1) is 0 Å². The van der Waals surface area contributed by atoms with Crippen LogP contribution in [-0.4, -0.2) is 18.0 Å². The number of allylic oxidation sites excluding steroid dienone is 5. The first-order valence-electron chi connectivity index (χ1n) is 9.90. The minimum absolute atomic E-state index is 0.130. The molecular weight excluding hydrogens is 424 g/mol. The molecule has 0 saturated heterocycles. The number of hydrogen-bond donors (Lipinski definition) is 2. The second kappa shape index (κ2) is 9.67. The molecule has 3 aromatic rings. The van der Waals surface area contributed by atoms with Crippen molar-refractivity contribution in [1.29, 1.82) is 0 Å². The molecule has 0 unspecified atom stereocenters. The van der Waals surface area contributed by atoms with Gasteiger partial charge >= 0.3 is 0 Å². The molecule has 32 heavy (non-hydrogen) atoms. The Hall–Kier alpha value is -3.62. The van der Waals surface area contributed by atoms with Crippen molar-refractivity contribution in [3.63, 3.8) is 0 Å². The molecule has 0 fully saturated rings. The van der Waals surface area contributed by atoms with Crippen molar-refractivity contribution in [2.75, 3.05) is 5.73 Å². The highest BCUT2D eigenvalue weighted by atomic mass is 32.2. The van der Waals surface area contributed by atoms with E-state index < -0.39 is 10.1 Å². The first-order valence-corrected chi connectivity index (χ1v) is 11.3. The number of hydrogen-bond acceptors (Lipinski definition) is 6. The highest BCUT2D eigenvalue weighted by Gasteiger charge is 2.18. The monoisotopic (exact) mass is 448 g/mol. The molecule has 3 rings (SSSR count). The molecule has 0 radical (unpaired) electrons.